The van der Waals surface area contributed by atoms with Crippen molar-refractivity contribution in [2.24, 2.45) is 0 Å². The van der Waals surface area contributed by atoms with Crippen LogP contribution in [-0.4, -0.2) is 24.2 Å². The first kappa shape index (κ1) is 13.5. The summed E-state index contributed by atoms with van der Waals surface area (Å²) in [7, 11) is 0. The molecule has 92 valence electrons. The molecule has 0 spiro atoms. The van der Waals surface area contributed by atoms with E-state index in [9.17, 15) is 13.2 Å². The lowest BCUT2D eigenvalue weighted by molar-refractivity contribution is -0.146. The second-order valence-electron chi connectivity index (χ2n) is 3.73. The van der Waals surface area contributed by atoms with E-state index in [4.69, 9.17) is 5.26 Å². The van der Waals surface area contributed by atoms with Crippen LogP contribution >= 0.6 is 0 Å². The molecule has 0 atom stereocenters. The fourth-order valence-electron chi connectivity index (χ4n) is 1.48. The van der Waals surface area contributed by atoms with E-state index in [0.29, 0.717) is 12.1 Å². The van der Waals surface area contributed by atoms with Crippen LogP contribution in [-0.2, 0) is 6.54 Å². The van der Waals surface area contributed by atoms with Crippen molar-refractivity contribution in [3.63, 3.8) is 0 Å². The Bertz CT molecular complexity index is 390. The molecular weight excluding hydrogens is 229 g/mol. The summed E-state index contributed by atoms with van der Waals surface area (Å²) in [5.74, 6) is 0. The molecule has 2 nitrogen and oxygen atoms in total. The van der Waals surface area contributed by atoms with Gasteiger partial charge in [0, 0.05) is 6.54 Å². The lowest BCUT2D eigenvalue weighted by Crippen LogP contribution is -2.33. The first-order valence-corrected chi connectivity index (χ1v) is 5.22. The zero-order chi connectivity index (χ0) is 12.9. The molecule has 0 saturated heterocycles. The van der Waals surface area contributed by atoms with Crippen LogP contribution < -0.4 is 0 Å². The zero-order valence-electron chi connectivity index (χ0n) is 9.46. The molecule has 17 heavy (non-hydrogen) atoms. The molecule has 0 radical (unpaired) electrons. The highest BCUT2D eigenvalue weighted by Crippen LogP contribution is 2.18. The molecule has 0 saturated carbocycles. The normalized spacial score (nSPS) is 11.5. The molecule has 1 aromatic rings. The van der Waals surface area contributed by atoms with Crippen LogP contribution in [0.15, 0.2) is 24.3 Å². The van der Waals surface area contributed by atoms with Crippen molar-refractivity contribution in [3.8, 4) is 6.07 Å². The Balaban J connectivity index is 2.64. The smallest absolute Gasteiger partial charge is 0.291 e. The summed E-state index contributed by atoms with van der Waals surface area (Å²) in [4.78, 5) is 1.31. The van der Waals surface area contributed by atoms with Gasteiger partial charge < -0.3 is 0 Å². The molecule has 0 aliphatic carbocycles. The maximum Gasteiger partial charge on any atom is 0.401 e. The van der Waals surface area contributed by atoms with E-state index >= 15 is 0 Å². The number of hydrogen-bond donors (Lipinski definition) is 0. The third kappa shape index (κ3) is 4.87. The Hall–Kier alpha value is -1.54. The van der Waals surface area contributed by atoms with Gasteiger partial charge in [-0.1, -0.05) is 19.1 Å². The van der Waals surface area contributed by atoms with Crippen molar-refractivity contribution >= 4 is 0 Å². The van der Waals surface area contributed by atoms with Gasteiger partial charge in [0.2, 0.25) is 0 Å². The SMILES string of the molecule is CCN(Cc1ccc(C#N)cc1)CC(F)(F)F. The number of benzene rings is 1. The number of nitrogens with zero attached hydrogens (tertiary/aromatic N) is 2. The molecule has 0 aliphatic rings. The largest absolute Gasteiger partial charge is 0.401 e. The van der Waals surface area contributed by atoms with Crippen molar-refractivity contribution in [3.05, 3.63) is 35.4 Å². The average molecular weight is 242 g/mol. The van der Waals surface area contributed by atoms with Gasteiger partial charge in [-0.25, -0.2) is 0 Å². The van der Waals surface area contributed by atoms with Crippen LogP contribution in [0.1, 0.15) is 18.1 Å². The molecule has 0 fully saturated rings. The standard InChI is InChI=1S/C12H13F3N2/c1-2-17(9-12(13,14)15)8-11-5-3-10(7-16)4-6-11/h3-6H,2,8-9H2,1H3. The summed E-state index contributed by atoms with van der Waals surface area (Å²) >= 11 is 0. The lowest BCUT2D eigenvalue weighted by Gasteiger charge is -2.21. The van der Waals surface area contributed by atoms with Gasteiger partial charge in [0.25, 0.3) is 0 Å². The van der Waals surface area contributed by atoms with Gasteiger partial charge >= 0.3 is 6.18 Å². The zero-order valence-corrected chi connectivity index (χ0v) is 9.46. The van der Waals surface area contributed by atoms with E-state index in [-0.39, 0.29) is 6.54 Å². The highest BCUT2D eigenvalue weighted by molar-refractivity contribution is 5.31. The van der Waals surface area contributed by atoms with Crippen molar-refractivity contribution in [2.45, 2.75) is 19.6 Å². The van der Waals surface area contributed by atoms with E-state index in [1.54, 1.807) is 31.2 Å². The molecule has 5 heteroatoms. The number of nitriles is 1. The molecule has 1 aromatic carbocycles. The van der Waals surface area contributed by atoms with E-state index in [1.165, 1.54) is 4.90 Å². The Labute approximate surface area is 98.3 Å². The predicted octanol–water partition coefficient (Wildman–Crippen LogP) is 2.94. The van der Waals surface area contributed by atoms with Gasteiger partial charge in [0.05, 0.1) is 18.2 Å². The monoisotopic (exact) mass is 242 g/mol. The topological polar surface area (TPSA) is 27.0 Å². The lowest BCUT2D eigenvalue weighted by atomic mass is 10.1. The van der Waals surface area contributed by atoms with Gasteiger partial charge in [-0.3, -0.25) is 4.90 Å². The van der Waals surface area contributed by atoms with E-state index < -0.39 is 12.7 Å². The van der Waals surface area contributed by atoms with Gasteiger partial charge in [-0.2, -0.15) is 18.4 Å². The van der Waals surface area contributed by atoms with Gasteiger partial charge in [-0.05, 0) is 24.2 Å². The Morgan fingerprint density at radius 2 is 1.82 bits per heavy atom. The summed E-state index contributed by atoms with van der Waals surface area (Å²) in [6.07, 6.45) is -4.18. The Morgan fingerprint density at radius 1 is 1.24 bits per heavy atom. The summed E-state index contributed by atoms with van der Waals surface area (Å²) < 4.78 is 36.7. The number of hydrogen-bond acceptors (Lipinski definition) is 2. The van der Waals surface area contributed by atoms with E-state index in [0.717, 1.165) is 5.56 Å². The highest BCUT2D eigenvalue weighted by Gasteiger charge is 2.29. The third-order valence-corrected chi connectivity index (χ3v) is 2.34. The summed E-state index contributed by atoms with van der Waals surface area (Å²) in [5.41, 5.74) is 1.28. The fraction of sp³-hybridized carbons (Fsp3) is 0.417. The van der Waals surface area contributed by atoms with Crippen LogP contribution in [0.3, 0.4) is 0 Å². The maximum atomic E-state index is 12.2. The van der Waals surface area contributed by atoms with Gasteiger partial charge in [0.1, 0.15) is 0 Å². The number of alkyl halides is 3. The average Bonchev–Trinajstić information content (AvgIpc) is 2.27. The fourth-order valence-corrected chi connectivity index (χ4v) is 1.48. The summed E-state index contributed by atoms with van der Waals surface area (Å²) in [6.45, 7) is 1.35. The minimum absolute atomic E-state index is 0.238. The van der Waals surface area contributed by atoms with Crippen LogP contribution in [0.25, 0.3) is 0 Å². The molecule has 0 amide bonds. The van der Waals surface area contributed by atoms with E-state index in [1.807, 2.05) is 6.07 Å². The molecule has 1 rings (SSSR count). The molecular formula is C12H13F3N2. The van der Waals surface area contributed by atoms with Gasteiger partial charge in [-0.15, -0.1) is 0 Å². The van der Waals surface area contributed by atoms with E-state index in [2.05, 4.69) is 0 Å². The molecule has 0 N–H and O–H groups in total. The summed E-state index contributed by atoms with van der Waals surface area (Å²) in [6, 6.07) is 8.54. The minimum Gasteiger partial charge on any atom is -0.291 e. The second-order valence-corrected chi connectivity index (χ2v) is 3.73. The molecule has 0 bridgehead atoms. The summed E-state index contributed by atoms with van der Waals surface area (Å²) in [5, 5.41) is 8.60. The Kier molecular flexibility index (Phi) is 4.53. The first-order chi connectivity index (χ1) is 7.94. The van der Waals surface area contributed by atoms with Crippen molar-refractivity contribution < 1.29 is 13.2 Å². The minimum atomic E-state index is -4.18. The third-order valence-electron chi connectivity index (χ3n) is 2.34. The van der Waals surface area contributed by atoms with Gasteiger partial charge in [0.15, 0.2) is 0 Å². The predicted molar refractivity (Wildman–Crippen MR) is 58.2 cm³/mol. The van der Waals surface area contributed by atoms with Crippen LogP contribution in [0.2, 0.25) is 0 Å². The van der Waals surface area contributed by atoms with Crippen molar-refractivity contribution in [1.82, 2.24) is 4.90 Å². The molecule has 0 aliphatic heterocycles. The number of rotatable bonds is 4. The maximum absolute atomic E-state index is 12.2. The Morgan fingerprint density at radius 3 is 2.24 bits per heavy atom. The van der Waals surface area contributed by atoms with Crippen LogP contribution in [0.4, 0.5) is 13.2 Å². The number of halogens is 3. The molecule has 0 unspecified atom stereocenters. The first-order valence-electron chi connectivity index (χ1n) is 5.22. The van der Waals surface area contributed by atoms with Crippen molar-refractivity contribution in [1.29, 1.82) is 5.26 Å². The van der Waals surface area contributed by atoms with Crippen molar-refractivity contribution in [2.75, 3.05) is 13.1 Å². The quantitative estimate of drug-likeness (QED) is 0.811. The molecule has 0 aromatic heterocycles. The highest BCUT2D eigenvalue weighted by atomic mass is 19.4. The second kappa shape index (κ2) is 5.69. The van der Waals surface area contributed by atoms with Crippen LogP contribution in [0.5, 0.6) is 0 Å². The molecule has 0 heterocycles. The van der Waals surface area contributed by atoms with Crippen LogP contribution in [0, 0.1) is 11.3 Å².